The van der Waals surface area contributed by atoms with Crippen LogP contribution in [0.1, 0.15) is 32.4 Å². The third-order valence-electron chi connectivity index (χ3n) is 2.80. The summed E-state index contributed by atoms with van der Waals surface area (Å²) in [5.41, 5.74) is 1.08. The number of thiazole rings is 2. The van der Waals surface area contributed by atoms with E-state index in [1.807, 2.05) is 20.0 Å². The third kappa shape index (κ3) is 5.81. The van der Waals surface area contributed by atoms with Gasteiger partial charge >= 0.3 is 0 Å². The third-order valence-corrected chi connectivity index (χ3v) is 4.77. The Labute approximate surface area is 156 Å². The molecule has 0 aliphatic heterocycles. The first-order valence-corrected chi connectivity index (χ1v) is 8.58. The van der Waals surface area contributed by atoms with Gasteiger partial charge in [0.2, 0.25) is 0 Å². The van der Waals surface area contributed by atoms with Gasteiger partial charge in [-0.25, -0.2) is 15.0 Å². The molecule has 0 fully saturated rings. The van der Waals surface area contributed by atoms with Crippen LogP contribution in [0.5, 0.6) is 0 Å². The molecule has 5 nitrogen and oxygen atoms in total. The first kappa shape index (κ1) is 19.3. The summed E-state index contributed by atoms with van der Waals surface area (Å²) in [4.78, 5) is 15.8. The van der Waals surface area contributed by atoms with Crippen LogP contribution in [-0.4, -0.2) is 22.5 Å². The standard InChI is InChI=1S/C14H21N5S2.HI/c1-5-15-14(18-8-13-16-6-9(2)20-13)17-7-12-10(3)19-11(4)21-12;/h6H,5,7-8H2,1-4H3,(H2,15,17,18);1H. The fourth-order valence-electron chi connectivity index (χ4n) is 1.86. The Morgan fingerprint density at radius 1 is 1.23 bits per heavy atom. The molecule has 0 bridgehead atoms. The highest BCUT2D eigenvalue weighted by Crippen LogP contribution is 2.17. The molecule has 0 amide bonds. The van der Waals surface area contributed by atoms with Crippen LogP contribution in [0.25, 0.3) is 0 Å². The number of halogens is 1. The Bertz CT molecular complexity index is 621. The van der Waals surface area contributed by atoms with Gasteiger partial charge in [0.05, 0.1) is 23.8 Å². The van der Waals surface area contributed by atoms with E-state index in [0.717, 1.165) is 28.2 Å². The molecule has 0 atom stereocenters. The summed E-state index contributed by atoms with van der Waals surface area (Å²) in [6.07, 6.45) is 1.90. The van der Waals surface area contributed by atoms with Crippen molar-refractivity contribution in [3.8, 4) is 0 Å². The van der Waals surface area contributed by atoms with Crippen molar-refractivity contribution >= 4 is 52.6 Å². The molecule has 2 aromatic heterocycles. The maximum Gasteiger partial charge on any atom is 0.191 e. The maximum absolute atomic E-state index is 4.62. The van der Waals surface area contributed by atoms with Crippen molar-refractivity contribution in [2.45, 2.75) is 40.8 Å². The van der Waals surface area contributed by atoms with Crippen molar-refractivity contribution in [1.29, 1.82) is 0 Å². The van der Waals surface area contributed by atoms with Crippen LogP contribution in [0.2, 0.25) is 0 Å². The van der Waals surface area contributed by atoms with Crippen molar-refractivity contribution in [3.05, 3.63) is 31.7 Å². The highest BCUT2D eigenvalue weighted by Gasteiger charge is 2.05. The summed E-state index contributed by atoms with van der Waals surface area (Å²) in [7, 11) is 0. The SMILES string of the molecule is CCNC(=NCc1sc(C)nc1C)NCc1ncc(C)s1.I. The Balaban J connectivity index is 0.00000242. The van der Waals surface area contributed by atoms with E-state index < -0.39 is 0 Å². The first-order valence-electron chi connectivity index (χ1n) is 6.95. The van der Waals surface area contributed by atoms with Crippen LogP contribution in [0, 0.1) is 20.8 Å². The molecule has 2 rings (SSSR count). The average Bonchev–Trinajstić information content (AvgIpc) is 2.99. The van der Waals surface area contributed by atoms with E-state index in [0.29, 0.717) is 13.1 Å². The zero-order valence-electron chi connectivity index (χ0n) is 13.3. The smallest absolute Gasteiger partial charge is 0.191 e. The number of hydrogen-bond acceptors (Lipinski definition) is 5. The van der Waals surface area contributed by atoms with Gasteiger partial charge < -0.3 is 10.6 Å². The van der Waals surface area contributed by atoms with Gasteiger partial charge in [-0.2, -0.15) is 0 Å². The zero-order chi connectivity index (χ0) is 15.2. The number of hydrogen-bond donors (Lipinski definition) is 2. The molecule has 0 aliphatic rings. The Hall–Kier alpha value is -0.740. The molecule has 2 N–H and O–H groups in total. The predicted octanol–water partition coefficient (Wildman–Crippen LogP) is 3.40. The van der Waals surface area contributed by atoms with Crippen molar-refractivity contribution in [2.75, 3.05) is 6.54 Å². The Kier molecular flexibility index (Phi) is 8.26. The molecule has 2 aromatic rings. The van der Waals surface area contributed by atoms with E-state index in [1.165, 1.54) is 9.75 Å². The normalized spacial score (nSPS) is 11.2. The molecular formula is C14H22IN5S2. The topological polar surface area (TPSA) is 62.2 Å². The maximum atomic E-state index is 4.62. The van der Waals surface area contributed by atoms with Crippen LogP contribution in [-0.2, 0) is 13.1 Å². The van der Waals surface area contributed by atoms with Gasteiger partial charge in [0.15, 0.2) is 5.96 Å². The molecule has 0 unspecified atom stereocenters. The van der Waals surface area contributed by atoms with E-state index in [2.05, 4.69) is 39.4 Å². The minimum Gasteiger partial charge on any atom is -0.357 e. The summed E-state index contributed by atoms with van der Waals surface area (Å²) >= 11 is 3.41. The molecule has 0 saturated heterocycles. The molecular weight excluding hydrogens is 429 g/mol. The fourth-order valence-corrected chi connectivity index (χ4v) is 3.44. The van der Waals surface area contributed by atoms with Crippen molar-refractivity contribution in [1.82, 2.24) is 20.6 Å². The second kappa shape index (κ2) is 9.41. The number of rotatable bonds is 5. The summed E-state index contributed by atoms with van der Waals surface area (Å²) in [5.74, 6) is 0.816. The molecule has 0 spiro atoms. The van der Waals surface area contributed by atoms with Crippen molar-refractivity contribution in [2.24, 2.45) is 4.99 Å². The number of guanidine groups is 1. The van der Waals surface area contributed by atoms with Crippen molar-refractivity contribution < 1.29 is 0 Å². The number of aryl methyl sites for hydroxylation is 3. The predicted molar refractivity (Wildman–Crippen MR) is 106 cm³/mol. The summed E-state index contributed by atoms with van der Waals surface area (Å²) in [6.45, 7) is 10.4. The van der Waals surface area contributed by atoms with Gasteiger partial charge in [-0.15, -0.1) is 46.7 Å². The van der Waals surface area contributed by atoms with E-state index in [4.69, 9.17) is 0 Å². The number of aliphatic imine (C=N–C) groups is 1. The fraction of sp³-hybridized carbons (Fsp3) is 0.500. The summed E-state index contributed by atoms with van der Waals surface area (Å²) in [6, 6.07) is 0. The highest BCUT2D eigenvalue weighted by atomic mass is 127. The molecule has 8 heteroatoms. The van der Waals surface area contributed by atoms with Crippen molar-refractivity contribution in [3.63, 3.8) is 0 Å². The lowest BCUT2D eigenvalue weighted by atomic mass is 10.4. The molecule has 122 valence electrons. The zero-order valence-corrected chi connectivity index (χ0v) is 17.2. The quantitative estimate of drug-likeness (QED) is 0.416. The first-order chi connectivity index (χ1) is 10.1. The van der Waals surface area contributed by atoms with Crippen LogP contribution in [0.3, 0.4) is 0 Å². The highest BCUT2D eigenvalue weighted by molar-refractivity contribution is 14.0. The lowest BCUT2D eigenvalue weighted by Gasteiger charge is -2.09. The van der Waals surface area contributed by atoms with Gasteiger partial charge in [-0.05, 0) is 27.7 Å². The van der Waals surface area contributed by atoms with Gasteiger partial charge in [0, 0.05) is 22.5 Å². The van der Waals surface area contributed by atoms with E-state index in [1.54, 1.807) is 22.7 Å². The molecule has 2 heterocycles. The number of nitrogens with zero attached hydrogens (tertiary/aromatic N) is 3. The Morgan fingerprint density at radius 3 is 2.55 bits per heavy atom. The van der Waals surface area contributed by atoms with Crippen LogP contribution in [0.4, 0.5) is 0 Å². The number of nitrogens with one attached hydrogen (secondary N) is 2. The van der Waals surface area contributed by atoms with Crippen LogP contribution >= 0.6 is 46.7 Å². The van der Waals surface area contributed by atoms with Gasteiger partial charge in [-0.3, -0.25) is 0 Å². The van der Waals surface area contributed by atoms with E-state index >= 15 is 0 Å². The molecule has 0 radical (unpaired) electrons. The minimum absolute atomic E-state index is 0. The van der Waals surface area contributed by atoms with E-state index in [-0.39, 0.29) is 24.0 Å². The van der Waals surface area contributed by atoms with Gasteiger partial charge in [-0.1, -0.05) is 0 Å². The molecule has 0 aliphatic carbocycles. The van der Waals surface area contributed by atoms with Crippen LogP contribution < -0.4 is 10.6 Å². The second-order valence-electron chi connectivity index (χ2n) is 4.65. The lowest BCUT2D eigenvalue weighted by molar-refractivity contribution is 0.812. The molecule has 0 saturated carbocycles. The van der Waals surface area contributed by atoms with Crippen LogP contribution in [0.15, 0.2) is 11.2 Å². The monoisotopic (exact) mass is 451 g/mol. The second-order valence-corrected chi connectivity index (χ2v) is 7.26. The Morgan fingerprint density at radius 2 is 2.00 bits per heavy atom. The van der Waals surface area contributed by atoms with E-state index in [9.17, 15) is 0 Å². The van der Waals surface area contributed by atoms with Gasteiger partial charge in [0.1, 0.15) is 5.01 Å². The summed E-state index contributed by atoms with van der Waals surface area (Å²) in [5, 5.41) is 8.74. The number of aromatic nitrogens is 2. The largest absolute Gasteiger partial charge is 0.357 e. The van der Waals surface area contributed by atoms with Gasteiger partial charge in [0.25, 0.3) is 0 Å². The lowest BCUT2D eigenvalue weighted by Crippen LogP contribution is -2.36. The molecule has 0 aromatic carbocycles. The average molecular weight is 451 g/mol. The minimum atomic E-state index is 0. The molecule has 22 heavy (non-hydrogen) atoms. The summed E-state index contributed by atoms with van der Waals surface area (Å²) < 4.78 is 0.